The maximum Gasteiger partial charge on any atom is 0.345 e. The SMILES string of the molecule is COc1cc(OC)c(CNC(=O)c2ccc(C(=O)O)s2)c(OC)c1. The van der Waals surface area contributed by atoms with Gasteiger partial charge in [-0.25, -0.2) is 4.79 Å². The first-order chi connectivity index (χ1) is 11.5. The van der Waals surface area contributed by atoms with Crippen LogP contribution in [0.25, 0.3) is 0 Å². The number of hydrogen-bond donors (Lipinski definition) is 2. The van der Waals surface area contributed by atoms with Gasteiger partial charge in [0.05, 0.1) is 38.3 Å². The number of carboxylic acid groups (broad SMARTS) is 1. The van der Waals surface area contributed by atoms with Crippen molar-refractivity contribution in [2.45, 2.75) is 6.54 Å². The Labute approximate surface area is 142 Å². The van der Waals surface area contributed by atoms with Crippen molar-refractivity contribution in [3.63, 3.8) is 0 Å². The van der Waals surface area contributed by atoms with Crippen molar-refractivity contribution in [1.29, 1.82) is 0 Å². The summed E-state index contributed by atoms with van der Waals surface area (Å²) in [6, 6.07) is 6.26. The van der Waals surface area contributed by atoms with Gasteiger partial charge in [-0.3, -0.25) is 4.79 Å². The average molecular weight is 351 g/mol. The molecule has 128 valence electrons. The lowest BCUT2D eigenvalue weighted by molar-refractivity contribution is 0.0702. The van der Waals surface area contributed by atoms with E-state index in [2.05, 4.69) is 5.32 Å². The minimum Gasteiger partial charge on any atom is -0.496 e. The van der Waals surface area contributed by atoms with Crippen molar-refractivity contribution in [2.75, 3.05) is 21.3 Å². The molecule has 0 aliphatic heterocycles. The number of methoxy groups -OCH3 is 3. The fraction of sp³-hybridized carbons (Fsp3) is 0.250. The van der Waals surface area contributed by atoms with E-state index in [1.54, 1.807) is 12.1 Å². The molecule has 24 heavy (non-hydrogen) atoms. The Morgan fingerprint density at radius 3 is 2.08 bits per heavy atom. The van der Waals surface area contributed by atoms with Gasteiger partial charge in [0.2, 0.25) is 0 Å². The predicted octanol–water partition coefficient (Wildman–Crippen LogP) is 2.40. The number of hydrogen-bond acceptors (Lipinski definition) is 6. The van der Waals surface area contributed by atoms with Crippen LogP contribution in [0.15, 0.2) is 24.3 Å². The molecule has 2 N–H and O–H groups in total. The van der Waals surface area contributed by atoms with Gasteiger partial charge >= 0.3 is 5.97 Å². The van der Waals surface area contributed by atoms with Gasteiger partial charge in [-0.2, -0.15) is 0 Å². The summed E-state index contributed by atoms with van der Waals surface area (Å²) in [5.41, 5.74) is 0.657. The van der Waals surface area contributed by atoms with E-state index in [1.807, 2.05) is 0 Å². The minimum absolute atomic E-state index is 0.111. The van der Waals surface area contributed by atoms with Crippen LogP contribution in [0.4, 0.5) is 0 Å². The molecule has 1 aromatic heterocycles. The molecule has 0 unspecified atom stereocenters. The van der Waals surface area contributed by atoms with Crippen LogP contribution in [-0.2, 0) is 6.54 Å². The molecule has 0 saturated carbocycles. The molecule has 1 amide bonds. The molecule has 0 radical (unpaired) electrons. The van der Waals surface area contributed by atoms with E-state index in [-0.39, 0.29) is 17.3 Å². The summed E-state index contributed by atoms with van der Waals surface area (Å²) < 4.78 is 15.8. The number of carbonyl (C=O) groups is 2. The van der Waals surface area contributed by atoms with Gasteiger partial charge in [0.15, 0.2) is 0 Å². The van der Waals surface area contributed by atoms with E-state index in [0.717, 1.165) is 11.3 Å². The molecule has 0 fully saturated rings. The number of nitrogens with one attached hydrogen (secondary N) is 1. The van der Waals surface area contributed by atoms with Gasteiger partial charge in [-0.05, 0) is 12.1 Å². The lowest BCUT2D eigenvalue weighted by atomic mass is 10.1. The van der Waals surface area contributed by atoms with E-state index < -0.39 is 5.97 Å². The third-order valence-corrected chi connectivity index (χ3v) is 4.36. The van der Waals surface area contributed by atoms with Crippen LogP contribution in [0.1, 0.15) is 24.9 Å². The van der Waals surface area contributed by atoms with E-state index in [0.29, 0.717) is 27.7 Å². The second-order valence-electron chi connectivity index (χ2n) is 4.66. The highest BCUT2D eigenvalue weighted by Crippen LogP contribution is 2.34. The van der Waals surface area contributed by atoms with Crippen LogP contribution < -0.4 is 19.5 Å². The second kappa shape index (κ2) is 7.69. The summed E-state index contributed by atoms with van der Waals surface area (Å²) in [5.74, 6) is 0.181. The Bertz CT molecular complexity index is 730. The highest BCUT2D eigenvalue weighted by Gasteiger charge is 2.16. The van der Waals surface area contributed by atoms with E-state index in [4.69, 9.17) is 19.3 Å². The Hall–Kier alpha value is -2.74. The summed E-state index contributed by atoms with van der Waals surface area (Å²) in [4.78, 5) is 23.5. The number of carbonyl (C=O) groups excluding carboxylic acids is 1. The van der Waals surface area contributed by atoms with Crippen LogP contribution in [0, 0.1) is 0 Å². The van der Waals surface area contributed by atoms with Crippen molar-refractivity contribution in [3.8, 4) is 17.2 Å². The summed E-state index contributed by atoms with van der Waals surface area (Å²) in [6.45, 7) is 0.162. The van der Waals surface area contributed by atoms with Gasteiger partial charge in [0.25, 0.3) is 5.91 Å². The fourth-order valence-corrected chi connectivity index (χ4v) is 2.84. The number of amides is 1. The average Bonchev–Trinajstić information content (AvgIpc) is 3.09. The highest BCUT2D eigenvalue weighted by atomic mass is 32.1. The van der Waals surface area contributed by atoms with E-state index in [1.165, 1.54) is 33.5 Å². The molecule has 0 aliphatic carbocycles. The summed E-state index contributed by atoms with van der Waals surface area (Å²) >= 11 is 0.916. The molecule has 7 nitrogen and oxygen atoms in total. The Kier molecular flexibility index (Phi) is 5.64. The van der Waals surface area contributed by atoms with Crippen LogP contribution in [0.2, 0.25) is 0 Å². The molecule has 1 aromatic carbocycles. The zero-order valence-electron chi connectivity index (χ0n) is 13.4. The Morgan fingerprint density at radius 2 is 1.62 bits per heavy atom. The first kappa shape index (κ1) is 17.6. The summed E-state index contributed by atoms with van der Waals surface area (Å²) in [6.07, 6.45) is 0. The number of aromatic carboxylic acids is 1. The molecule has 8 heteroatoms. The number of benzene rings is 1. The van der Waals surface area contributed by atoms with Crippen LogP contribution >= 0.6 is 11.3 Å². The smallest absolute Gasteiger partial charge is 0.345 e. The maximum atomic E-state index is 12.2. The largest absolute Gasteiger partial charge is 0.496 e. The molecule has 0 aliphatic rings. The molecule has 2 rings (SSSR count). The number of thiophene rings is 1. The van der Waals surface area contributed by atoms with Crippen LogP contribution in [0.3, 0.4) is 0 Å². The van der Waals surface area contributed by atoms with Gasteiger partial charge in [0, 0.05) is 12.1 Å². The van der Waals surface area contributed by atoms with Gasteiger partial charge in [-0.15, -0.1) is 11.3 Å². The topological polar surface area (TPSA) is 94.1 Å². The maximum absolute atomic E-state index is 12.2. The third-order valence-electron chi connectivity index (χ3n) is 3.28. The molecule has 0 saturated heterocycles. The van der Waals surface area contributed by atoms with Crippen molar-refractivity contribution in [2.24, 2.45) is 0 Å². The van der Waals surface area contributed by atoms with E-state index >= 15 is 0 Å². The van der Waals surface area contributed by atoms with Crippen molar-refractivity contribution in [3.05, 3.63) is 39.6 Å². The van der Waals surface area contributed by atoms with Crippen molar-refractivity contribution < 1.29 is 28.9 Å². The van der Waals surface area contributed by atoms with Crippen LogP contribution in [-0.4, -0.2) is 38.3 Å². The lowest BCUT2D eigenvalue weighted by Crippen LogP contribution is -2.22. The molecule has 1 heterocycles. The molecular formula is C16H17NO6S. The molecule has 0 bridgehead atoms. The quantitative estimate of drug-likeness (QED) is 0.795. The van der Waals surface area contributed by atoms with E-state index in [9.17, 15) is 9.59 Å². The fourth-order valence-electron chi connectivity index (χ4n) is 2.08. The zero-order valence-corrected chi connectivity index (χ0v) is 14.2. The monoisotopic (exact) mass is 351 g/mol. The Morgan fingerprint density at radius 1 is 1.04 bits per heavy atom. The third kappa shape index (κ3) is 3.77. The number of rotatable bonds is 7. The van der Waals surface area contributed by atoms with Crippen molar-refractivity contribution in [1.82, 2.24) is 5.32 Å². The second-order valence-corrected chi connectivity index (χ2v) is 5.75. The normalized spacial score (nSPS) is 10.1. The molecule has 0 spiro atoms. The minimum atomic E-state index is -1.06. The predicted molar refractivity (Wildman–Crippen MR) is 88.5 cm³/mol. The standard InChI is InChI=1S/C16H17NO6S/c1-21-9-6-11(22-2)10(12(7-9)23-3)8-17-15(18)13-4-5-14(24-13)16(19)20/h4-7H,8H2,1-3H3,(H,17,18)(H,19,20). The highest BCUT2D eigenvalue weighted by molar-refractivity contribution is 7.15. The zero-order chi connectivity index (χ0) is 17.7. The molecular weight excluding hydrogens is 334 g/mol. The van der Waals surface area contributed by atoms with Crippen molar-refractivity contribution >= 4 is 23.2 Å². The first-order valence-electron chi connectivity index (χ1n) is 6.90. The van der Waals surface area contributed by atoms with Crippen LogP contribution in [0.5, 0.6) is 17.2 Å². The number of ether oxygens (including phenoxy) is 3. The Balaban J connectivity index is 2.18. The van der Waals surface area contributed by atoms with Gasteiger partial charge < -0.3 is 24.6 Å². The summed E-state index contributed by atoms with van der Waals surface area (Å²) in [7, 11) is 4.56. The number of carboxylic acids is 1. The first-order valence-corrected chi connectivity index (χ1v) is 7.72. The molecule has 2 aromatic rings. The lowest BCUT2D eigenvalue weighted by Gasteiger charge is -2.15. The van der Waals surface area contributed by atoms with Gasteiger partial charge in [-0.1, -0.05) is 0 Å². The van der Waals surface area contributed by atoms with Gasteiger partial charge in [0.1, 0.15) is 22.1 Å². The molecule has 0 atom stereocenters. The summed E-state index contributed by atoms with van der Waals surface area (Å²) in [5, 5.41) is 11.6.